The molecule has 0 aliphatic carbocycles. The van der Waals surface area contributed by atoms with Gasteiger partial charge in [0, 0.05) is 19.3 Å². The van der Waals surface area contributed by atoms with Gasteiger partial charge in [-0.3, -0.25) is 4.79 Å². The molecule has 0 saturated carbocycles. The van der Waals surface area contributed by atoms with E-state index >= 15 is 0 Å². The zero-order chi connectivity index (χ0) is 22.6. The average molecular weight is 435 g/mol. The van der Waals surface area contributed by atoms with Crippen molar-refractivity contribution in [2.24, 2.45) is 0 Å². The molecule has 2 aromatic heterocycles. The second-order valence-electron chi connectivity index (χ2n) is 6.84. The van der Waals surface area contributed by atoms with Crippen molar-refractivity contribution < 1.29 is 14.3 Å². The number of amides is 2. The highest BCUT2D eigenvalue weighted by Gasteiger charge is 2.06. The van der Waals surface area contributed by atoms with Crippen LogP contribution in [0.1, 0.15) is 11.1 Å². The number of aryl methyl sites for hydroxylation is 1. The van der Waals surface area contributed by atoms with Crippen molar-refractivity contribution in [2.45, 2.75) is 13.5 Å². The van der Waals surface area contributed by atoms with E-state index in [0.29, 0.717) is 30.5 Å². The maximum Gasteiger partial charge on any atom is 0.407 e. The standard InChI is InChI=1S/C22H25N7O3/c1-16-9-10-23-20(13-16)27-19-8-7-18(28-29-19)24-11-12-25-21(30)14-26-22(31)32-15-17-5-3-2-4-6-17/h2-10,13H,11-12,14-15H2,1H3,(H,24,28)(H,25,30)(H,26,31)(H,23,27,29). The molecule has 1 aromatic carbocycles. The van der Waals surface area contributed by atoms with Crippen molar-refractivity contribution in [3.05, 3.63) is 71.9 Å². The van der Waals surface area contributed by atoms with Crippen LogP contribution in [0.2, 0.25) is 0 Å². The van der Waals surface area contributed by atoms with Gasteiger partial charge in [0.2, 0.25) is 5.91 Å². The lowest BCUT2D eigenvalue weighted by molar-refractivity contribution is -0.120. The average Bonchev–Trinajstić information content (AvgIpc) is 2.81. The van der Waals surface area contributed by atoms with E-state index in [2.05, 4.69) is 36.4 Å². The number of pyridine rings is 1. The van der Waals surface area contributed by atoms with Gasteiger partial charge in [-0.05, 0) is 42.3 Å². The molecule has 10 nitrogen and oxygen atoms in total. The Kier molecular flexibility index (Phi) is 8.32. The van der Waals surface area contributed by atoms with Crippen molar-refractivity contribution >= 4 is 29.5 Å². The lowest BCUT2D eigenvalue weighted by Gasteiger charge is -2.09. The summed E-state index contributed by atoms with van der Waals surface area (Å²) >= 11 is 0. The lowest BCUT2D eigenvalue weighted by Crippen LogP contribution is -2.38. The third-order valence-corrected chi connectivity index (χ3v) is 4.20. The number of anilines is 3. The Balaban J connectivity index is 1.28. The number of nitrogens with zero attached hydrogens (tertiary/aromatic N) is 3. The number of alkyl carbamates (subject to hydrolysis) is 1. The minimum Gasteiger partial charge on any atom is -0.445 e. The van der Waals surface area contributed by atoms with E-state index in [1.54, 1.807) is 18.3 Å². The number of aromatic nitrogens is 3. The third kappa shape index (κ3) is 7.90. The van der Waals surface area contributed by atoms with Crippen molar-refractivity contribution in [1.29, 1.82) is 0 Å². The molecule has 0 spiro atoms. The molecule has 0 fully saturated rings. The predicted octanol–water partition coefficient (Wildman–Crippen LogP) is 2.38. The topological polar surface area (TPSA) is 130 Å². The normalized spacial score (nSPS) is 10.2. The summed E-state index contributed by atoms with van der Waals surface area (Å²) in [5.74, 6) is 1.52. The Bertz CT molecular complexity index is 1010. The van der Waals surface area contributed by atoms with Gasteiger partial charge < -0.3 is 26.0 Å². The highest BCUT2D eigenvalue weighted by Crippen LogP contribution is 2.13. The molecule has 4 N–H and O–H groups in total. The van der Waals surface area contributed by atoms with Crippen molar-refractivity contribution in [2.75, 3.05) is 30.3 Å². The molecule has 32 heavy (non-hydrogen) atoms. The number of benzene rings is 1. The second kappa shape index (κ2) is 11.8. The summed E-state index contributed by atoms with van der Waals surface area (Å²) in [5.41, 5.74) is 1.96. The molecular formula is C22H25N7O3. The van der Waals surface area contributed by atoms with Crippen LogP contribution >= 0.6 is 0 Å². The van der Waals surface area contributed by atoms with Gasteiger partial charge in [-0.1, -0.05) is 30.3 Å². The molecule has 166 valence electrons. The zero-order valence-electron chi connectivity index (χ0n) is 17.7. The Labute approximate surface area is 185 Å². The first kappa shape index (κ1) is 22.5. The Morgan fingerprint density at radius 3 is 2.44 bits per heavy atom. The maximum atomic E-state index is 11.8. The molecule has 0 aliphatic rings. The summed E-state index contributed by atoms with van der Waals surface area (Å²) in [6.07, 6.45) is 1.07. The maximum absolute atomic E-state index is 11.8. The first-order valence-corrected chi connectivity index (χ1v) is 10.1. The minimum atomic E-state index is -0.646. The largest absolute Gasteiger partial charge is 0.445 e. The van der Waals surface area contributed by atoms with Crippen LogP contribution in [0, 0.1) is 6.92 Å². The first-order valence-electron chi connectivity index (χ1n) is 10.1. The van der Waals surface area contributed by atoms with Crippen molar-refractivity contribution in [3.8, 4) is 0 Å². The second-order valence-corrected chi connectivity index (χ2v) is 6.84. The van der Waals surface area contributed by atoms with Crippen LogP contribution in [0.4, 0.5) is 22.2 Å². The Morgan fingerprint density at radius 2 is 1.69 bits per heavy atom. The van der Waals surface area contributed by atoms with E-state index in [4.69, 9.17) is 4.74 Å². The fraction of sp³-hybridized carbons (Fsp3) is 0.227. The molecule has 0 bridgehead atoms. The van der Waals surface area contributed by atoms with Gasteiger partial charge in [-0.25, -0.2) is 9.78 Å². The van der Waals surface area contributed by atoms with E-state index in [0.717, 1.165) is 11.1 Å². The number of ether oxygens (including phenoxy) is 1. The van der Waals surface area contributed by atoms with Gasteiger partial charge in [0.1, 0.15) is 18.2 Å². The molecule has 0 unspecified atom stereocenters. The van der Waals surface area contributed by atoms with Gasteiger partial charge in [0.15, 0.2) is 5.82 Å². The van der Waals surface area contributed by atoms with Gasteiger partial charge in [0.25, 0.3) is 0 Å². The quantitative estimate of drug-likeness (QED) is 0.357. The highest BCUT2D eigenvalue weighted by molar-refractivity contribution is 5.82. The van der Waals surface area contributed by atoms with Crippen LogP contribution in [0.5, 0.6) is 0 Å². The number of hydrogen-bond acceptors (Lipinski definition) is 8. The highest BCUT2D eigenvalue weighted by atomic mass is 16.5. The van der Waals surface area contributed by atoms with E-state index in [1.165, 1.54) is 0 Å². The Morgan fingerprint density at radius 1 is 0.906 bits per heavy atom. The summed E-state index contributed by atoms with van der Waals surface area (Å²) in [6.45, 7) is 2.77. The van der Waals surface area contributed by atoms with E-state index in [-0.39, 0.29) is 19.1 Å². The fourth-order valence-electron chi connectivity index (χ4n) is 2.61. The van der Waals surface area contributed by atoms with Gasteiger partial charge in [0.05, 0.1) is 6.54 Å². The lowest BCUT2D eigenvalue weighted by atomic mass is 10.2. The molecule has 2 heterocycles. The number of nitrogens with one attached hydrogen (secondary N) is 4. The molecule has 2 amide bonds. The van der Waals surface area contributed by atoms with Gasteiger partial charge in [-0.2, -0.15) is 0 Å². The van der Waals surface area contributed by atoms with E-state index in [1.807, 2.05) is 49.4 Å². The van der Waals surface area contributed by atoms with Crippen LogP contribution in [0.25, 0.3) is 0 Å². The molecule has 0 aliphatic heterocycles. The van der Waals surface area contributed by atoms with E-state index < -0.39 is 6.09 Å². The summed E-state index contributed by atoms with van der Waals surface area (Å²) < 4.78 is 5.05. The summed E-state index contributed by atoms with van der Waals surface area (Å²) in [7, 11) is 0. The van der Waals surface area contributed by atoms with Crippen LogP contribution in [-0.4, -0.2) is 46.8 Å². The molecule has 3 rings (SSSR count). The monoisotopic (exact) mass is 435 g/mol. The molecule has 0 radical (unpaired) electrons. The van der Waals surface area contributed by atoms with Gasteiger partial charge in [-0.15, -0.1) is 10.2 Å². The number of rotatable bonds is 10. The van der Waals surface area contributed by atoms with Crippen molar-refractivity contribution in [1.82, 2.24) is 25.8 Å². The number of hydrogen-bond donors (Lipinski definition) is 4. The van der Waals surface area contributed by atoms with Crippen LogP contribution in [-0.2, 0) is 16.1 Å². The smallest absolute Gasteiger partial charge is 0.407 e. The predicted molar refractivity (Wildman–Crippen MR) is 120 cm³/mol. The molecular weight excluding hydrogens is 410 g/mol. The third-order valence-electron chi connectivity index (χ3n) is 4.20. The molecule has 10 heteroatoms. The Hall–Kier alpha value is -4.21. The summed E-state index contributed by atoms with van der Waals surface area (Å²) in [5, 5.41) is 19.4. The van der Waals surface area contributed by atoms with E-state index in [9.17, 15) is 9.59 Å². The zero-order valence-corrected chi connectivity index (χ0v) is 17.7. The summed E-state index contributed by atoms with van der Waals surface area (Å²) in [6, 6.07) is 16.7. The van der Waals surface area contributed by atoms with Crippen LogP contribution < -0.4 is 21.3 Å². The van der Waals surface area contributed by atoms with Crippen LogP contribution in [0.15, 0.2) is 60.8 Å². The molecule has 3 aromatic rings. The molecule has 0 atom stereocenters. The fourth-order valence-corrected chi connectivity index (χ4v) is 2.61. The number of carbonyl (C=O) groups excluding carboxylic acids is 2. The SMILES string of the molecule is Cc1ccnc(Nc2ccc(NCCNC(=O)CNC(=O)OCc3ccccc3)nn2)c1. The van der Waals surface area contributed by atoms with Crippen LogP contribution in [0.3, 0.4) is 0 Å². The van der Waals surface area contributed by atoms with Gasteiger partial charge >= 0.3 is 6.09 Å². The number of carbonyl (C=O) groups is 2. The first-order chi connectivity index (χ1) is 15.6. The molecule has 0 saturated heterocycles. The minimum absolute atomic E-state index is 0.148. The van der Waals surface area contributed by atoms with Crippen molar-refractivity contribution in [3.63, 3.8) is 0 Å². The summed E-state index contributed by atoms with van der Waals surface area (Å²) in [4.78, 5) is 27.7.